The lowest BCUT2D eigenvalue weighted by Gasteiger charge is -2.34. The van der Waals surface area contributed by atoms with Crippen LogP contribution in [0.4, 0.5) is 23.4 Å². The van der Waals surface area contributed by atoms with Crippen molar-refractivity contribution in [1.82, 2.24) is 30.4 Å². The molecule has 2 fully saturated rings. The monoisotopic (exact) mass is 1020 g/mol. The third-order valence-corrected chi connectivity index (χ3v) is 12.8. The summed E-state index contributed by atoms with van der Waals surface area (Å²) in [6.07, 6.45) is 6.92. The Bertz CT molecular complexity index is 2690. The molecule has 3 aliphatic rings. The van der Waals surface area contributed by atoms with Crippen molar-refractivity contribution in [2.45, 2.75) is 76.6 Å². The van der Waals surface area contributed by atoms with E-state index in [1.807, 2.05) is 0 Å². The zero-order valence-electron chi connectivity index (χ0n) is 34.5. The van der Waals surface area contributed by atoms with Crippen molar-refractivity contribution >= 4 is 82.5 Å². The van der Waals surface area contributed by atoms with Crippen molar-refractivity contribution in [3.05, 3.63) is 75.8 Å². The van der Waals surface area contributed by atoms with Crippen molar-refractivity contribution in [2.75, 3.05) is 37.5 Å². The summed E-state index contributed by atoms with van der Waals surface area (Å²) in [7, 11) is 1.31. The number of aliphatic hydroxyl groups is 1. The maximum Gasteiger partial charge on any atom is 0.346 e. The third-order valence-electron chi connectivity index (χ3n) is 10.5. The molecular weight excluding hydrogens is 985 g/mol. The molecule has 0 spiro atoms. The number of nitrogens with zero attached hydrogens (tertiary/aromatic N) is 8. The van der Waals surface area contributed by atoms with Gasteiger partial charge < -0.3 is 28.8 Å². The lowest BCUT2D eigenvalue weighted by molar-refractivity contribution is -0.688. The second-order valence-corrected chi connectivity index (χ2v) is 18.2. The number of amides is 2. The Balaban J connectivity index is 1.10. The number of ether oxygens (including phenoxy) is 5. The van der Waals surface area contributed by atoms with Crippen LogP contribution in [0.2, 0.25) is 5.15 Å². The van der Waals surface area contributed by atoms with Crippen molar-refractivity contribution in [2.24, 2.45) is 4.99 Å². The fraction of sp³-hybridized carbons (Fsp3) is 0.400. The first kappa shape index (κ1) is 46.3. The van der Waals surface area contributed by atoms with E-state index < -0.39 is 41.1 Å². The number of nitrogens with one attached hydrogen (secondary N) is 2. The number of carbonyl (C=O) groups is 2. The Morgan fingerprint density at radius 1 is 1.02 bits per heavy atom. The van der Waals surface area contributed by atoms with Gasteiger partial charge in [0, 0.05) is 36.5 Å². The summed E-state index contributed by atoms with van der Waals surface area (Å²) < 4.78 is 74.0. The van der Waals surface area contributed by atoms with E-state index in [9.17, 15) is 23.5 Å². The highest BCUT2D eigenvalue weighted by molar-refractivity contribution is 9.18. The molecule has 3 N–H and O–H groups in total. The predicted molar refractivity (Wildman–Crippen MR) is 234 cm³/mol. The molecule has 1 saturated heterocycles. The van der Waals surface area contributed by atoms with Crippen molar-refractivity contribution in [3.63, 3.8) is 0 Å². The molecule has 25 heteroatoms. The number of allylic oxidation sites excluding steroid dienone is 1. The molecule has 342 valence electrons. The zero-order valence-corrected chi connectivity index (χ0v) is 38.5. The van der Waals surface area contributed by atoms with Gasteiger partial charge in [-0.05, 0) is 106 Å². The summed E-state index contributed by atoms with van der Waals surface area (Å²) in [5.74, 6) is -2.37. The van der Waals surface area contributed by atoms with E-state index in [0.29, 0.717) is 49.2 Å². The zero-order chi connectivity index (χ0) is 46.0. The molecule has 0 radical (unpaired) electrons. The lowest BCUT2D eigenvalue weighted by Crippen LogP contribution is -2.39. The minimum atomic E-state index is -3.20. The van der Waals surface area contributed by atoms with E-state index in [-0.39, 0.29) is 90.8 Å². The molecule has 4 atom stereocenters. The van der Waals surface area contributed by atoms with E-state index >= 15 is 4.39 Å². The highest BCUT2D eigenvalue weighted by Crippen LogP contribution is 2.40. The second-order valence-electron chi connectivity index (χ2n) is 15.2. The summed E-state index contributed by atoms with van der Waals surface area (Å²) in [5, 5.41) is 31.4. The number of aliphatic hydroxyl groups excluding tert-OH is 1. The summed E-state index contributed by atoms with van der Waals surface area (Å²) in [5.41, 5.74) is -0.878. The Morgan fingerprint density at radius 2 is 1.69 bits per heavy atom. The molecule has 1 unspecified atom stereocenters. The molecule has 7 heterocycles. The van der Waals surface area contributed by atoms with Crippen LogP contribution in [-0.4, -0.2) is 109 Å². The second kappa shape index (κ2) is 19.7. The number of halogens is 5. The normalized spacial score (nSPS) is 20.7. The van der Waals surface area contributed by atoms with Crippen molar-refractivity contribution < 1.29 is 56.1 Å². The molecule has 2 aliphatic heterocycles. The maximum absolute atomic E-state index is 16.8. The van der Waals surface area contributed by atoms with E-state index in [1.165, 1.54) is 55.4 Å². The van der Waals surface area contributed by atoms with Crippen LogP contribution in [0.3, 0.4) is 0 Å². The number of carbonyl (C=O) groups excluding carboxylic acids is 2. The topological polar surface area (TPSA) is 218 Å². The average molecular weight is 1020 g/mol. The molecule has 2 amide bonds. The molecule has 65 heavy (non-hydrogen) atoms. The number of hydrogen-bond acceptors (Lipinski definition) is 17. The molecule has 8 rings (SSSR count). The maximum atomic E-state index is 16.8. The van der Waals surface area contributed by atoms with Gasteiger partial charge in [0.1, 0.15) is 28.1 Å². The van der Waals surface area contributed by atoms with Crippen LogP contribution in [0.1, 0.15) is 70.3 Å². The number of anilines is 2. The number of aliphatic imine (C=N–C) groups is 1. The minimum absolute atomic E-state index is 0.0259. The van der Waals surface area contributed by atoms with Gasteiger partial charge in [-0.15, -0.1) is 10.2 Å². The number of dihydropyridines is 1. The summed E-state index contributed by atoms with van der Waals surface area (Å²) in [4.78, 5) is 40.7. The lowest BCUT2D eigenvalue weighted by atomic mass is 9.85. The highest BCUT2D eigenvalue weighted by Gasteiger charge is 2.39. The van der Waals surface area contributed by atoms with Gasteiger partial charge in [0.15, 0.2) is 12.3 Å². The number of aryl methyl sites for hydroxylation is 1. The summed E-state index contributed by atoms with van der Waals surface area (Å²) >= 11 is 12.1. The van der Waals surface area contributed by atoms with Gasteiger partial charge in [0.2, 0.25) is 22.3 Å². The number of rotatable bonds is 15. The van der Waals surface area contributed by atoms with Gasteiger partial charge in [-0.3, -0.25) is 35.2 Å². The first-order valence-electron chi connectivity index (χ1n) is 19.8. The van der Waals surface area contributed by atoms with E-state index in [2.05, 4.69) is 61.9 Å². The number of alkyl halides is 2. The van der Waals surface area contributed by atoms with Crippen LogP contribution in [0, 0.1) is 12.7 Å². The van der Waals surface area contributed by atoms with Crippen LogP contribution in [0.5, 0.6) is 16.1 Å². The molecule has 0 bridgehead atoms. The fourth-order valence-electron chi connectivity index (χ4n) is 7.38. The van der Waals surface area contributed by atoms with Crippen LogP contribution in [0.15, 0.2) is 41.8 Å². The molecule has 1 aliphatic carbocycles. The molecular formula is C40H38BrClF3N10O8S2+. The van der Waals surface area contributed by atoms with Gasteiger partial charge in [0.25, 0.3) is 22.2 Å². The molecule has 18 nitrogen and oxygen atoms in total. The Labute approximate surface area is 389 Å². The van der Waals surface area contributed by atoms with Crippen LogP contribution in [0.25, 0.3) is 16.7 Å². The molecule has 0 aromatic carbocycles. The van der Waals surface area contributed by atoms with E-state index in [4.69, 9.17) is 35.3 Å². The first-order chi connectivity index (χ1) is 31.2. The SMILES string of the molecule is COc1c[n+](Cc2cc(C3=CC(Br)=NCC3(C)OC(F)F)c(C(=O)Nc3nnc(O[C@@H]4CCOC4)s3)cn2)c(Cl)c(F)c1-c1cc(C)ncc1C(=O)Nc1nnc(O[C@H]2CC[C@H](O)C2)s1. The van der Waals surface area contributed by atoms with Crippen LogP contribution < -0.4 is 29.4 Å². The molecule has 5 aromatic heterocycles. The van der Waals surface area contributed by atoms with Gasteiger partial charge in [-0.1, -0.05) is 10.2 Å². The largest absolute Gasteiger partial charge is 0.490 e. The predicted octanol–water partition coefficient (Wildman–Crippen LogP) is 6.44. The Kier molecular flexibility index (Phi) is 14.0. The van der Waals surface area contributed by atoms with Gasteiger partial charge >= 0.3 is 11.8 Å². The number of aromatic nitrogens is 7. The van der Waals surface area contributed by atoms with E-state index in [0.717, 1.165) is 22.7 Å². The van der Waals surface area contributed by atoms with Gasteiger partial charge in [-0.2, -0.15) is 17.7 Å². The van der Waals surface area contributed by atoms with E-state index in [1.54, 1.807) is 6.92 Å². The van der Waals surface area contributed by atoms with Crippen LogP contribution in [-0.2, 0) is 16.0 Å². The van der Waals surface area contributed by atoms with Gasteiger partial charge in [0.05, 0.1) is 49.7 Å². The third kappa shape index (κ3) is 10.6. The Morgan fingerprint density at radius 3 is 2.32 bits per heavy atom. The first-order valence-corrected chi connectivity index (χ1v) is 22.7. The van der Waals surface area contributed by atoms with Crippen LogP contribution >= 0.6 is 50.2 Å². The number of hydrogen-bond donors (Lipinski definition) is 3. The summed E-state index contributed by atoms with van der Waals surface area (Å²) in [6, 6.07) is 2.98. The average Bonchev–Trinajstić information content (AvgIpc) is 4.11. The quantitative estimate of drug-likeness (QED) is 0.0760. The van der Waals surface area contributed by atoms with Crippen molar-refractivity contribution in [1.29, 1.82) is 0 Å². The molecule has 1 saturated carbocycles. The smallest absolute Gasteiger partial charge is 0.346 e. The minimum Gasteiger partial charge on any atom is -0.490 e. The Hall–Kier alpha value is -5.24. The number of pyridine rings is 3. The standard InChI is InChI=1S/C40H37BrClF3N10O8S2/c1-18-8-24(26(12-46-18)34(58)50-37-51-53-38(64-37)61-21-5-4-20(56)10-21)30-28(59-3)15-55(32(42)31(30)43)14-19-9-23(27-11-29(41)48-17-40(27,2)63-35(44)45)25(13-47-19)33(57)49-36-52-54-39(65-36)62-22-6-7-60-16-22/h8-9,11-13,15,20-22,35,56H,4-7,10,14,16-17H2,1-3H3,(H-,46,49,50,51,52,57,58)/p+1/t20-,21-,22+,40?/m0/s1. The van der Waals surface area contributed by atoms with Gasteiger partial charge in [-0.25, -0.2) is 0 Å². The van der Waals surface area contributed by atoms with Crippen molar-refractivity contribution in [3.8, 4) is 27.3 Å². The molecule has 5 aromatic rings. The highest BCUT2D eigenvalue weighted by atomic mass is 79.9. The number of methoxy groups -OCH3 is 1. The summed E-state index contributed by atoms with van der Waals surface area (Å²) in [6.45, 7) is 0.375. The fourth-order valence-corrected chi connectivity index (χ4v) is 9.25.